The Balaban J connectivity index is 2.02. The van der Waals surface area contributed by atoms with E-state index in [1.54, 1.807) is 12.1 Å². The van der Waals surface area contributed by atoms with E-state index in [1.165, 1.54) is 12.1 Å². The summed E-state index contributed by atoms with van der Waals surface area (Å²) in [5, 5.41) is 20.9. The largest absolute Gasteiger partial charge is 0.387 e. The zero-order valence-electron chi connectivity index (χ0n) is 11.4. The van der Waals surface area contributed by atoms with Crippen molar-refractivity contribution in [3.05, 3.63) is 39.9 Å². The normalized spacial score (nSPS) is 20.4. The van der Waals surface area contributed by atoms with Crippen molar-refractivity contribution >= 4 is 5.69 Å². The molecule has 1 saturated heterocycles. The maximum absolute atomic E-state index is 10.7. The van der Waals surface area contributed by atoms with E-state index in [0.717, 1.165) is 19.5 Å². The third-order valence-corrected chi connectivity index (χ3v) is 3.65. The summed E-state index contributed by atoms with van der Waals surface area (Å²) in [6, 6.07) is 6.24. The molecule has 1 fully saturated rings. The second-order valence-corrected chi connectivity index (χ2v) is 6.02. The molecule has 1 heterocycles. The monoisotopic (exact) mass is 264 g/mol. The van der Waals surface area contributed by atoms with Gasteiger partial charge in [-0.2, -0.15) is 0 Å². The standard InChI is InChI=1S/C14H20N2O3/c1-14(2)6-7-15(10-14)9-13(17)11-4-3-5-12(8-11)16(18)19/h3-5,8,13,17H,6-7,9-10H2,1-2H3. The Labute approximate surface area is 113 Å². The van der Waals surface area contributed by atoms with Crippen LogP contribution >= 0.6 is 0 Å². The minimum atomic E-state index is -0.672. The first-order chi connectivity index (χ1) is 8.87. The predicted octanol–water partition coefficient (Wildman–Crippen LogP) is 2.36. The van der Waals surface area contributed by atoms with E-state index in [4.69, 9.17) is 0 Å². The van der Waals surface area contributed by atoms with Crippen molar-refractivity contribution in [1.82, 2.24) is 4.90 Å². The van der Waals surface area contributed by atoms with Crippen LogP contribution in [0.4, 0.5) is 5.69 Å². The van der Waals surface area contributed by atoms with Gasteiger partial charge < -0.3 is 5.11 Å². The van der Waals surface area contributed by atoms with E-state index in [-0.39, 0.29) is 5.69 Å². The van der Waals surface area contributed by atoms with Gasteiger partial charge in [0.2, 0.25) is 0 Å². The molecule has 1 aromatic rings. The van der Waals surface area contributed by atoms with Crippen LogP contribution in [-0.2, 0) is 0 Å². The average Bonchev–Trinajstić information content (AvgIpc) is 2.68. The summed E-state index contributed by atoms with van der Waals surface area (Å²) >= 11 is 0. The van der Waals surface area contributed by atoms with Gasteiger partial charge in [0.05, 0.1) is 11.0 Å². The molecule has 1 aromatic carbocycles. The smallest absolute Gasteiger partial charge is 0.269 e. The summed E-state index contributed by atoms with van der Waals surface area (Å²) < 4.78 is 0. The van der Waals surface area contributed by atoms with Gasteiger partial charge in [-0.05, 0) is 23.9 Å². The lowest BCUT2D eigenvalue weighted by Crippen LogP contribution is -2.28. The van der Waals surface area contributed by atoms with Gasteiger partial charge in [0.15, 0.2) is 0 Å². The van der Waals surface area contributed by atoms with Gasteiger partial charge in [0, 0.05) is 25.2 Å². The Morgan fingerprint density at radius 3 is 2.84 bits per heavy atom. The Morgan fingerprint density at radius 2 is 2.26 bits per heavy atom. The number of β-amino-alcohol motifs (C(OH)–C–C–N with tert-alkyl or cyclic N) is 1. The Hall–Kier alpha value is -1.46. The number of hydrogen-bond donors (Lipinski definition) is 1. The second kappa shape index (κ2) is 5.27. The van der Waals surface area contributed by atoms with Crippen LogP contribution in [0.1, 0.15) is 31.9 Å². The number of aliphatic hydroxyl groups is 1. The second-order valence-electron chi connectivity index (χ2n) is 6.02. The number of rotatable bonds is 4. The van der Waals surface area contributed by atoms with E-state index in [2.05, 4.69) is 18.7 Å². The number of nitro groups is 1. The lowest BCUT2D eigenvalue weighted by atomic mass is 9.93. The minimum absolute atomic E-state index is 0.0262. The summed E-state index contributed by atoms with van der Waals surface area (Å²) in [6.07, 6.45) is 0.447. The number of non-ortho nitro benzene ring substituents is 1. The number of aliphatic hydroxyl groups excluding tert-OH is 1. The fraction of sp³-hybridized carbons (Fsp3) is 0.571. The number of nitro benzene ring substituents is 1. The molecule has 1 N–H and O–H groups in total. The third kappa shape index (κ3) is 3.52. The average molecular weight is 264 g/mol. The molecule has 1 atom stereocenters. The third-order valence-electron chi connectivity index (χ3n) is 3.65. The maximum Gasteiger partial charge on any atom is 0.269 e. The first-order valence-electron chi connectivity index (χ1n) is 6.52. The van der Waals surface area contributed by atoms with Crippen molar-refractivity contribution in [1.29, 1.82) is 0 Å². The van der Waals surface area contributed by atoms with Crippen LogP contribution in [0.2, 0.25) is 0 Å². The lowest BCUT2D eigenvalue weighted by molar-refractivity contribution is -0.385. The Kier molecular flexibility index (Phi) is 3.87. The summed E-state index contributed by atoms with van der Waals surface area (Å²) in [5.74, 6) is 0. The Morgan fingerprint density at radius 1 is 1.53 bits per heavy atom. The highest BCUT2D eigenvalue weighted by atomic mass is 16.6. The quantitative estimate of drug-likeness (QED) is 0.669. The zero-order chi connectivity index (χ0) is 14.0. The lowest BCUT2D eigenvalue weighted by Gasteiger charge is -2.22. The molecule has 104 valence electrons. The molecule has 0 aromatic heterocycles. The van der Waals surface area contributed by atoms with Gasteiger partial charge in [-0.1, -0.05) is 26.0 Å². The molecule has 0 bridgehead atoms. The number of benzene rings is 1. The van der Waals surface area contributed by atoms with E-state index < -0.39 is 11.0 Å². The highest BCUT2D eigenvalue weighted by molar-refractivity contribution is 5.35. The van der Waals surface area contributed by atoms with Crippen LogP contribution in [0.25, 0.3) is 0 Å². The zero-order valence-corrected chi connectivity index (χ0v) is 11.4. The van der Waals surface area contributed by atoms with Crippen LogP contribution in [0.15, 0.2) is 24.3 Å². The molecule has 5 heteroatoms. The van der Waals surface area contributed by atoms with Crippen LogP contribution < -0.4 is 0 Å². The summed E-state index contributed by atoms with van der Waals surface area (Å²) in [6.45, 7) is 6.89. The van der Waals surface area contributed by atoms with Crippen molar-refractivity contribution in [2.75, 3.05) is 19.6 Å². The van der Waals surface area contributed by atoms with Gasteiger partial charge in [0.1, 0.15) is 0 Å². The van der Waals surface area contributed by atoms with Gasteiger partial charge in [0.25, 0.3) is 5.69 Å². The molecule has 2 rings (SSSR count). The summed E-state index contributed by atoms with van der Waals surface area (Å²) in [7, 11) is 0. The van der Waals surface area contributed by atoms with Crippen LogP contribution in [-0.4, -0.2) is 34.6 Å². The fourth-order valence-corrected chi connectivity index (χ4v) is 2.58. The van der Waals surface area contributed by atoms with Crippen molar-refractivity contribution < 1.29 is 10.0 Å². The van der Waals surface area contributed by atoms with E-state index in [9.17, 15) is 15.2 Å². The SMILES string of the molecule is CC1(C)CCN(CC(O)c2cccc([N+](=O)[O-])c2)C1. The number of hydrogen-bond acceptors (Lipinski definition) is 4. The number of likely N-dealkylation sites (tertiary alicyclic amines) is 1. The summed E-state index contributed by atoms with van der Waals surface area (Å²) in [4.78, 5) is 12.5. The molecule has 1 aliphatic heterocycles. The van der Waals surface area contributed by atoms with E-state index in [0.29, 0.717) is 17.5 Å². The summed E-state index contributed by atoms with van der Waals surface area (Å²) in [5.41, 5.74) is 0.930. The van der Waals surface area contributed by atoms with Crippen molar-refractivity contribution in [3.63, 3.8) is 0 Å². The van der Waals surface area contributed by atoms with Crippen molar-refractivity contribution in [2.45, 2.75) is 26.4 Å². The van der Waals surface area contributed by atoms with Crippen LogP contribution in [0.5, 0.6) is 0 Å². The number of nitrogens with zero attached hydrogens (tertiary/aromatic N) is 2. The van der Waals surface area contributed by atoms with Crippen LogP contribution in [0.3, 0.4) is 0 Å². The van der Waals surface area contributed by atoms with Crippen LogP contribution in [0, 0.1) is 15.5 Å². The molecule has 1 unspecified atom stereocenters. The van der Waals surface area contributed by atoms with Crippen molar-refractivity contribution in [3.8, 4) is 0 Å². The predicted molar refractivity (Wildman–Crippen MR) is 72.9 cm³/mol. The molecule has 0 spiro atoms. The highest BCUT2D eigenvalue weighted by Gasteiger charge is 2.30. The first-order valence-corrected chi connectivity index (χ1v) is 6.52. The van der Waals surface area contributed by atoms with Gasteiger partial charge in [-0.3, -0.25) is 15.0 Å². The highest BCUT2D eigenvalue weighted by Crippen LogP contribution is 2.30. The molecule has 0 aliphatic carbocycles. The molecule has 19 heavy (non-hydrogen) atoms. The molecule has 0 amide bonds. The molecule has 0 saturated carbocycles. The molecular formula is C14H20N2O3. The fourth-order valence-electron chi connectivity index (χ4n) is 2.58. The molecular weight excluding hydrogens is 244 g/mol. The Bertz CT molecular complexity index is 474. The van der Waals surface area contributed by atoms with Gasteiger partial charge in [-0.25, -0.2) is 0 Å². The molecule has 0 radical (unpaired) electrons. The first kappa shape index (κ1) is 14.0. The van der Waals surface area contributed by atoms with Gasteiger partial charge >= 0.3 is 0 Å². The van der Waals surface area contributed by atoms with Crippen molar-refractivity contribution in [2.24, 2.45) is 5.41 Å². The molecule has 5 nitrogen and oxygen atoms in total. The molecule has 1 aliphatic rings. The maximum atomic E-state index is 10.7. The van der Waals surface area contributed by atoms with E-state index in [1.807, 2.05) is 0 Å². The van der Waals surface area contributed by atoms with Gasteiger partial charge in [-0.15, -0.1) is 0 Å². The topological polar surface area (TPSA) is 66.6 Å². The minimum Gasteiger partial charge on any atom is -0.387 e. The van der Waals surface area contributed by atoms with E-state index >= 15 is 0 Å².